The summed E-state index contributed by atoms with van der Waals surface area (Å²) in [6.07, 6.45) is 0. The summed E-state index contributed by atoms with van der Waals surface area (Å²) < 4.78 is 12.1. The first kappa shape index (κ1) is 21.0. The van der Waals surface area contributed by atoms with Crippen molar-refractivity contribution >= 4 is 17.7 Å². The molecule has 0 bridgehead atoms. The summed E-state index contributed by atoms with van der Waals surface area (Å²) in [7, 11) is 2.96. The lowest BCUT2D eigenvalue weighted by atomic mass is 10.2. The highest BCUT2D eigenvalue weighted by Crippen LogP contribution is 2.22. The molecule has 156 valence electrons. The van der Waals surface area contributed by atoms with E-state index >= 15 is 0 Å². The molecule has 0 aliphatic rings. The second-order valence-corrected chi connectivity index (χ2v) is 6.81. The molecule has 0 saturated heterocycles. The van der Waals surface area contributed by atoms with Gasteiger partial charge in [0.2, 0.25) is 0 Å². The van der Waals surface area contributed by atoms with E-state index in [4.69, 9.17) is 9.47 Å². The summed E-state index contributed by atoms with van der Waals surface area (Å²) >= 11 is 0. The average molecular weight is 407 g/mol. The van der Waals surface area contributed by atoms with Crippen LogP contribution in [0.15, 0.2) is 54.6 Å². The fraction of sp³-hybridized carbons (Fsp3) is 0.217. The fourth-order valence-corrected chi connectivity index (χ4v) is 3.33. The van der Waals surface area contributed by atoms with E-state index in [1.807, 2.05) is 38.1 Å². The summed E-state index contributed by atoms with van der Waals surface area (Å²) in [6, 6.07) is 16.1. The Labute approximate surface area is 175 Å². The van der Waals surface area contributed by atoms with Crippen molar-refractivity contribution in [2.24, 2.45) is 0 Å². The van der Waals surface area contributed by atoms with Gasteiger partial charge in [0.05, 0.1) is 19.8 Å². The van der Waals surface area contributed by atoms with Gasteiger partial charge in [-0.2, -0.15) is 0 Å². The molecule has 3 aromatic rings. The first-order valence-electron chi connectivity index (χ1n) is 9.48. The lowest BCUT2D eigenvalue weighted by molar-refractivity contribution is 0.0600. The molecule has 0 unspecified atom stereocenters. The number of esters is 1. The minimum atomic E-state index is -0.454. The molecule has 2 amide bonds. The monoisotopic (exact) mass is 407 g/mol. The van der Waals surface area contributed by atoms with Crippen LogP contribution in [0.5, 0.6) is 5.75 Å². The van der Waals surface area contributed by atoms with Crippen LogP contribution >= 0.6 is 0 Å². The highest BCUT2D eigenvalue weighted by Gasteiger charge is 2.12. The van der Waals surface area contributed by atoms with Gasteiger partial charge in [-0.15, -0.1) is 0 Å². The van der Waals surface area contributed by atoms with Crippen molar-refractivity contribution in [1.82, 2.24) is 9.88 Å². The maximum atomic E-state index is 12.3. The van der Waals surface area contributed by atoms with Gasteiger partial charge in [-0.3, -0.25) is 0 Å². The largest absolute Gasteiger partial charge is 0.497 e. The number of ether oxygens (including phenoxy) is 2. The number of anilines is 1. The van der Waals surface area contributed by atoms with Crippen LogP contribution in [0, 0.1) is 13.8 Å². The van der Waals surface area contributed by atoms with Crippen molar-refractivity contribution in [3.05, 3.63) is 77.1 Å². The highest BCUT2D eigenvalue weighted by molar-refractivity contribution is 5.93. The Morgan fingerprint density at radius 2 is 1.73 bits per heavy atom. The van der Waals surface area contributed by atoms with E-state index in [-0.39, 0.29) is 6.03 Å². The van der Waals surface area contributed by atoms with Gasteiger partial charge in [0.1, 0.15) is 5.75 Å². The van der Waals surface area contributed by atoms with Crippen molar-refractivity contribution < 1.29 is 19.1 Å². The van der Waals surface area contributed by atoms with Crippen molar-refractivity contribution in [3.63, 3.8) is 0 Å². The van der Waals surface area contributed by atoms with E-state index in [9.17, 15) is 9.59 Å². The quantitative estimate of drug-likeness (QED) is 0.600. The third-order valence-electron chi connectivity index (χ3n) is 4.85. The van der Waals surface area contributed by atoms with Crippen LogP contribution in [0.3, 0.4) is 0 Å². The number of nitrogens with zero attached hydrogens (tertiary/aromatic N) is 1. The number of amides is 2. The van der Waals surface area contributed by atoms with Crippen LogP contribution in [-0.4, -0.2) is 30.8 Å². The van der Waals surface area contributed by atoms with Gasteiger partial charge in [0.25, 0.3) is 0 Å². The molecule has 1 heterocycles. The van der Waals surface area contributed by atoms with Gasteiger partial charge in [0, 0.05) is 29.3 Å². The van der Waals surface area contributed by atoms with E-state index in [1.165, 1.54) is 7.11 Å². The predicted octanol–water partition coefficient (Wildman–Crippen LogP) is 4.21. The molecule has 0 radical (unpaired) electrons. The zero-order valence-electron chi connectivity index (χ0n) is 17.5. The molecule has 0 atom stereocenters. The Hall–Kier alpha value is -3.74. The van der Waals surface area contributed by atoms with E-state index in [0.717, 1.165) is 28.4 Å². The summed E-state index contributed by atoms with van der Waals surface area (Å²) in [5, 5.41) is 5.60. The number of carbonyl (C=O) groups is 2. The Kier molecular flexibility index (Phi) is 6.41. The minimum Gasteiger partial charge on any atom is -0.497 e. The molecule has 7 nitrogen and oxygen atoms in total. The summed E-state index contributed by atoms with van der Waals surface area (Å²) in [4.78, 5) is 23.9. The first-order chi connectivity index (χ1) is 14.4. The average Bonchev–Trinajstić information content (AvgIpc) is 3.05. The minimum absolute atomic E-state index is 0.355. The molecule has 0 fully saturated rings. The van der Waals surface area contributed by atoms with Gasteiger partial charge in [-0.25, -0.2) is 9.59 Å². The number of rotatable bonds is 6. The van der Waals surface area contributed by atoms with Crippen LogP contribution in [0.1, 0.15) is 27.3 Å². The molecular weight excluding hydrogens is 382 g/mol. The number of benzene rings is 2. The zero-order chi connectivity index (χ0) is 21.7. The number of nitrogens with one attached hydrogen (secondary N) is 2. The maximum Gasteiger partial charge on any atom is 0.337 e. The summed E-state index contributed by atoms with van der Waals surface area (Å²) in [5.74, 6) is 0.348. The van der Waals surface area contributed by atoms with Crippen molar-refractivity contribution in [2.45, 2.75) is 20.4 Å². The number of urea groups is 1. The summed E-state index contributed by atoms with van der Waals surface area (Å²) in [5.41, 5.74) is 5.05. The summed E-state index contributed by atoms with van der Waals surface area (Å²) in [6.45, 7) is 4.42. The maximum absolute atomic E-state index is 12.3. The smallest absolute Gasteiger partial charge is 0.337 e. The van der Waals surface area contributed by atoms with Crippen molar-refractivity contribution in [3.8, 4) is 11.4 Å². The van der Waals surface area contributed by atoms with Crippen molar-refractivity contribution in [2.75, 3.05) is 19.5 Å². The third-order valence-corrected chi connectivity index (χ3v) is 4.85. The molecule has 0 aliphatic carbocycles. The highest BCUT2D eigenvalue weighted by atomic mass is 16.5. The number of aromatic nitrogens is 1. The lowest BCUT2D eigenvalue weighted by Gasteiger charge is -2.11. The van der Waals surface area contributed by atoms with Crippen LogP contribution in [-0.2, 0) is 11.3 Å². The van der Waals surface area contributed by atoms with Gasteiger partial charge < -0.3 is 24.7 Å². The second kappa shape index (κ2) is 9.17. The number of hydrogen-bond donors (Lipinski definition) is 2. The van der Waals surface area contributed by atoms with Crippen LogP contribution in [0.25, 0.3) is 5.69 Å². The molecule has 0 spiro atoms. The van der Waals surface area contributed by atoms with Crippen molar-refractivity contribution in [1.29, 1.82) is 0 Å². The first-order valence-corrected chi connectivity index (χ1v) is 9.48. The number of carbonyl (C=O) groups excluding carboxylic acids is 2. The van der Waals surface area contributed by atoms with Crippen LogP contribution in [0.2, 0.25) is 0 Å². The third kappa shape index (κ3) is 4.63. The normalized spacial score (nSPS) is 10.4. The second-order valence-electron chi connectivity index (χ2n) is 6.81. The molecular formula is C23H25N3O4. The SMILES string of the molecule is COC(=O)c1cccc(NC(=O)NCc2cc(C)n(-c3ccc(OC)cc3)c2C)c1. The fourth-order valence-electron chi connectivity index (χ4n) is 3.33. The van der Waals surface area contributed by atoms with Gasteiger partial charge in [0.15, 0.2) is 0 Å². The standard InChI is InChI=1S/C23H25N3O4/c1-15-12-18(16(2)26(15)20-8-10-21(29-3)11-9-20)14-24-23(28)25-19-7-5-6-17(13-19)22(27)30-4/h5-13H,14H2,1-4H3,(H2,24,25,28). The zero-order valence-corrected chi connectivity index (χ0v) is 17.5. The Morgan fingerprint density at radius 3 is 2.40 bits per heavy atom. The molecule has 3 rings (SSSR count). The molecule has 30 heavy (non-hydrogen) atoms. The Morgan fingerprint density at radius 1 is 1.00 bits per heavy atom. The molecule has 1 aromatic heterocycles. The number of hydrogen-bond acceptors (Lipinski definition) is 4. The van der Waals surface area contributed by atoms with E-state index < -0.39 is 5.97 Å². The van der Waals surface area contributed by atoms with E-state index in [0.29, 0.717) is 17.8 Å². The van der Waals surface area contributed by atoms with Gasteiger partial charge >= 0.3 is 12.0 Å². The Bertz CT molecular complexity index is 1050. The predicted molar refractivity (Wildman–Crippen MR) is 115 cm³/mol. The van der Waals surface area contributed by atoms with E-state index in [1.54, 1.807) is 31.4 Å². The van der Waals surface area contributed by atoms with E-state index in [2.05, 4.69) is 21.3 Å². The molecule has 2 N–H and O–H groups in total. The molecule has 0 aliphatic heterocycles. The topological polar surface area (TPSA) is 81.6 Å². The van der Waals surface area contributed by atoms with Gasteiger partial charge in [-0.1, -0.05) is 6.07 Å². The molecule has 2 aromatic carbocycles. The molecule has 0 saturated carbocycles. The number of methoxy groups -OCH3 is 2. The van der Waals surface area contributed by atoms with Crippen LogP contribution in [0.4, 0.5) is 10.5 Å². The lowest BCUT2D eigenvalue weighted by Crippen LogP contribution is -2.28. The van der Waals surface area contributed by atoms with Crippen LogP contribution < -0.4 is 15.4 Å². The van der Waals surface area contributed by atoms with Gasteiger partial charge in [-0.05, 0) is 67.9 Å². The number of aryl methyl sites for hydroxylation is 1. The Balaban J connectivity index is 1.67. The molecule has 7 heteroatoms.